The zero-order valence-electron chi connectivity index (χ0n) is 11.4. The fourth-order valence-corrected chi connectivity index (χ4v) is 2.68. The molecule has 1 aromatic heterocycles. The maximum Gasteiger partial charge on any atom is 0.147 e. The van der Waals surface area contributed by atoms with Crippen molar-refractivity contribution < 1.29 is 0 Å². The number of aromatic nitrogens is 2. The van der Waals surface area contributed by atoms with Crippen molar-refractivity contribution >= 4 is 22.9 Å². The molecule has 2 rings (SSSR count). The van der Waals surface area contributed by atoms with Crippen LogP contribution < -0.4 is 5.32 Å². The highest BCUT2D eigenvalue weighted by atomic mass is 35.5. The van der Waals surface area contributed by atoms with Crippen LogP contribution in [0.4, 0.5) is 0 Å². The fraction of sp³-hybridized carbons (Fsp3) is 0.429. The number of hydrogen-bond acceptors (Lipinski definition) is 4. The summed E-state index contributed by atoms with van der Waals surface area (Å²) in [5.74, 6) is 0. The van der Waals surface area contributed by atoms with Crippen LogP contribution in [0.1, 0.15) is 24.4 Å². The van der Waals surface area contributed by atoms with E-state index in [-0.39, 0.29) is 0 Å². The average Bonchev–Trinajstić information content (AvgIpc) is 2.81. The lowest BCUT2D eigenvalue weighted by Gasteiger charge is -2.05. The van der Waals surface area contributed by atoms with Crippen molar-refractivity contribution in [3.63, 3.8) is 0 Å². The molecule has 0 atom stereocenters. The molecule has 3 nitrogen and oxygen atoms in total. The lowest BCUT2D eigenvalue weighted by molar-refractivity contribution is 0.588. The maximum absolute atomic E-state index is 6.14. The van der Waals surface area contributed by atoms with E-state index in [0.717, 1.165) is 39.1 Å². The molecule has 0 aliphatic carbocycles. The van der Waals surface area contributed by atoms with Gasteiger partial charge in [-0.2, -0.15) is 0 Å². The van der Waals surface area contributed by atoms with Gasteiger partial charge in [-0.15, -0.1) is 10.2 Å². The van der Waals surface area contributed by atoms with Crippen molar-refractivity contribution in [1.29, 1.82) is 0 Å². The zero-order chi connectivity index (χ0) is 13.8. The van der Waals surface area contributed by atoms with Crippen LogP contribution in [-0.4, -0.2) is 22.8 Å². The molecule has 0 fully saturated rings. The Balaban J connectivity index is 2.05. The Morgan fingerprint density at radius 2 is 2.11 bits per heavy atom. The summed E-state index contributed by atoms with van der Waals surface area (Å²) in [6.45, 7) is 7.20. The Morgan fingerprint density at radius 1 is 1.32 bits per heavy atom. The number of nitrogens with one attached hydrogen (secondary N) is 1. The molecule has 1 heterocycles. The van der Waals surface area contributed by atoms with Gasteiger partial charge in [0.05, 0.1) is 0 Å². The van der Waals surface area contributed by atoms with Crippen molar-refractivity contribution in [2.75, 3.05) is 6.54 Å². The van der Waals surface area contributed by atoms with E-state index in [1.54, 1.807) is 11.3 Å². The molecule has 2 aromatic rings. The summed E-state index contributed by atoms with van der Waals surface area (Å²) in [6.07, 6.45) is 0.912. The standard InChI is InChI=1S/C14H18ClN3S/c1-9(2)16-7-6-13-17-18-14(19-13)11-5-4-10(3)12(15)8-11/h4-5,8-9,16H,6-7H2,1-3H3. The van der Waals surface area contributed by atoms with Crippen LogP contribution >= 0.6 is 22.9 Å². The highest BCUT2D eigenvalue weighted by Crippen LogP contribution is 2.27. The van der Waals surface area contributed by atoms with Crippen molar-refractivity contribution in [1.82, 2.24) is 15.5 Å². The normalized spacial score (nSPS) is 11.2. The Morgan fingerprint density at radius 3 is 2.79 bits per heavy atom. The summed E-state index contributed by atoms with van der Waals surface area (Å²) in [6, 6.07) is 6.51. The van der Waals surface area contributed by atoms with Gasteiger partial charge in [-0.25, -0.2) is 0 Å². The third-order valence-electron chi connectivity index (χ3n) is 2.78. The topological polar surface area (TPSA) is 37.8 Å². The number of benzene rings is 1. The monoisotopic (exact) mass is 295 g/mol. The number of hydrogen-bond donors (Lipinski definition) is 1. The van der Waals surface area contributed by atoms with E-state index >= 15 is 0 Å². The Hall–Kier alpha value is -0.970. The molecule has 0 radical (unpaired) electrons. The molecule has 0 saturated carbocycles. The summed E-state index contributed by atoms with van der Waals surface area (Å²) in [7, 11) is 0. The minimum atomic E-state index is 0.503. The molecule has 0 amide bonds. The molecule has 102 valence electrons. The first kappa shape index (κ1) is 14.4. The largest absolute Gasteiger partial charge is 0.314 e. The lowest BCUT2D eigenvalue weighted by Crippen LogP contribution is -2.24. The van der Waals surface area contributed by atoms with Gasteiger partial charge in [-0.05, 0) is 18.6 Å². The second-order valence-corrected chi connectivity index (χ2v) is 6.29. The molecule has 5 heteroatoms. The number of rotatable bonds is 5. The maximum atomic E-state index is 6.14. The molecular formula is C14H18ClN3S. The summed E-state index contributed by atoms with van der Waals surface area (Å²) in [5.41, 5.74) is 2.12. The van der Waals surface area contributed by atoms with Gasteiger partial charge in [0.1, 0.15) is 10.0 Å². The van der Waals surface area contributed by atoms with E-state index in [9.17, 15) is 0 Å². The second-order valence-electron chi connectivity index (χ2n) is 4.82. The Bertz CT molecular complexity index is 551. The minimum Gasteiger partial charge on any atom is -0.314 e. The summed E-state index contributed by atoms with van der Waals surface area (Å²) in [4.78, 5) is 0. The van der Waals surface area contributed by atoms with Crippen LogP contribution in [0.15, 0.2) is 18.2 Å². The lowest BCUT2D eigenvalue weighted by atomic mass is 10.2. The zero-order valence-corrected chi connectivity index (χ0v) is 13.0. The highest BCUT2D eigenvalue weighted by Gasteiger charge is 2.08. The predicted octanol–water partition coefficient (Wildman–Crippen LogP) is 3.71. The van der Waals surface area contributed by atoms with Gasteiger partial charge in [0, 0.05) is 29.6 Å². The quantitative estimate of drug-likeness (QED) is 0.914. The van der Waals surface area contributed by atoms with Crippen molar-refractivity contribution in [3.05, 3.63) is 33.8 Å². The smallest absolute Gasteiger partial charge is 0.147 e. The van der Waals surface area contributed by atoms with Gasteiger partial charge >= 0.3 is 0 Å². The SMILES string of the molecule is Cc1ccc(-c2nnc(CCNC(C)C)s2)cc1Cl. The van der Waals surface area contributed by atoms with Crippen molar-refractivity contribution in [3.8, 4) is 10.6 Å². The van der Waals surface area contributed by atoms with Gasteiger partial charge in [-0.1, -0.05) is 48.9 Å². The van der Waals surface area contributed by atoms with Crippen molar-refractivity contribution in [2.24, 2.45) is 0 Å². The van der Waals surface area contributed by atoms with E-state index in [2.05, 4.69) is 29.4 Å². The molecule has 1 N–H and O–H groups in total. The molecule has 0 aliphatic heterocycles. The van der Waals surface area contributed by atoms with E-state index in [0.29, 0.717) is 6.04 Å². The fourth-order valence-electron chi connectivity index (χ4n) is 1.66. The molecule has 0 spiro atoms. The number of aryl methyl sites for hydroxylation is 1. The first-order chi connectivity index (χ1) is 9.06. The predicted molar refractivity (Wildman–Crippen MR) is 81.9 cm³/mol. The second kappa shape index (κ2) is 6.46. The highest BCUT2D eigenvalue weighted by molar-refractivity contribution is 7.14. The molecule has 0 saturated heterocycles. The van der Waals surface area contributed by atoms with E-state index < -0.39 is 0 Å². The number of nitrogens with zero attached hydrogens (tertiary/aromatic N) is 2. The molecule has 1 aromatic carbocycles. The summed E-state index contributed by atoms with van der Waals surface area (Å²) >= 11 is 7.77. The van der Waals surface area contributed by atoms with Gasteiger partial charge in [0.2, 0.25) is 0 Å². The van der Waals surface area contributed by atoms with Gasteiger partial charge in [0.15, 0.2) is 0 Å². The first-order valence-corrected chi connectivity index (χ1v) is 7.58. The first-order valence-electron chi connectivity index (χ1n) is 6.38. The van der Waals surface area contributed by atoms with E-state index in [4.69, 9.17) is 11.6 Å². The van der Waals surface area contributed by atoms with Crippen LogP contribution in [-0.2, 0) is 6.42 Å². The molecule has 0 aliphatic rings. The molecule has 0 unspecified atom stereocenters. The van der Waals surface area contributed by atoms with Gasteiger partial charge in [0.25, 0.3) is 0 Å². The van der Waals surface area contributed by atoms with Crippen LogP contribution in [0.25, 0.3) is 10.6 Å². The average molecular weight is 296 g/mol. The van der Waals surface area contributed by atoms with Crippen LogP contribution in [0.3, 0.4) is 0 Å². The third-order valence-corrected chi connectivity index (χ3v) is 4.22. The number of halogens is 1. The summed E-state index contributed by atoms with van der Waals surface area (Å²) < 4.78 is 0. The molecular weight excluding hydrogens is 278 g/mol. The molecule has 19 heavy (non-hydrogen) atoms. The van der Waals surface area contributed by atoms with Gasteiger partial charge < -0.3 is 5.32 Å². The van der Waals surface area contributed by atoms with Crippen molar-refractivity contribution in [2.45, 2.75) is 33.2 Å². The van der Waals surface area contributed by atoms with Crippen LogP contribution in [0.2, 0.25) is 5.02 Å². The van der Waals surface area contributed by atoms with E-state index in [1.165, 1.54) is 0 Å². The summed E-state index contributed by atoms with van der Waals surface area (Å²) in [5, 5.41) is 14.6. The van der Waals surface area contributed by atoms with Crippen LogP contribution in [0, 0.1) is 6.92 Å². The van der Waals surface area contributed by atoms with Gasteiger partial charge in [-0.3, -0.25) is 0 Å². The Labute approximate surface area is 123 Å². The molecule has 0 bridgehead atoms. The third kappa shape index (κ3) is 4.00. The van der Waals surface area contributed by atoms with Crippen LogP contribution in [0.5, 0.6) is 0 Å². The Kier molecular flexibility index (Phi) is 4.91. The minimum absolute atomic E-state index is 0.503. The van der Waals surface area contributed by atoms with E-state index in [1.807, 2.05) is 25.1 Å².